The maximum absolute atomic E-state index is 13.5. The van der Waals surface area contributed by atoms with Gasteiger partial charge < -0.3 is 14.0 Å². The van der Waals surface area contributed by atoms with Crippen molar-refractivity contribution in [1.82, 2.24) is 10.1 Å². The predicted octanol–water partition coefficient (Wildman–Crippen LogP) is 3.38. The Hall–Kier alpha value is -2.44. The lowest BCUT2D eigenvalue weighted by molar-refractivity contribution is 0.171. The molecule has 1 N–H and O–H groups in total. The highest BCUT2D eigenvalue weighted by molar-refractivity contribution is 5.49. The number of β-amino-alcohol motifs (C(OH)–C–C–N with tert-alkyl or cyclic N) is 1. The third kappa shape index (κ3) is 2.98. The molecule has 1 aliphatic rings. The third-order valence-electron chi connectivity index (χ3n) is 4.30. The zero-order valence-corrected chi connectivity index (χ0v) is 12.9. The maximum Gasteiger partial charge on any atom is 0.202 e. The Morgan fingerprint density at radius 3 is 2.92 bits per heavy atom. The molecule has 4 rings (SSSR count). The van der Waals surface area contributed by atoms with Crippen LogP contribution in [0.3, 0.4) is 0 Å². The van der Waals surface area contributed by atoms with Gasteiger partial charge in [-0.05, 0) is 36.2 Å². The van der Waals surface area contributed by atoms with Crippen molar-refractivity contribution < 1.29 is 18.4 Å². The summed E-state index contributed by atoms with van der Waals surface area (Å²) in [5.74, 6) is 0.921. The number of aromatic nitrogens is 1. The zero-order chi connectivity index (χ0) is 16.5. The van der Waals surface area contributed by atoms with E-state index in [-0.39, 0.29) is 11.9 Å². The number of hydrogen-bond donors (Lipinski definition) is 1. The lowest BCUT2D eigenvalue weighted by Gasteiger charge is -2.23. The molecule has 5 nitrogen and oxygen atoms in total. The van der Waals surface area contributed by atoms with E-state index in [1.807, 2.05) is 12.1 Å². The lowest BCUT2D eigenvalue weighted by atomic mass is 10.0. The molecule has 2 atom stereocenters. The van der Waals surface area contributed by atoms with Gasteiger partial charge in [0.25, 0.3) is 0 Å². The highest BCUT2D eigenvalue weighted by Gasteiger charge is 2.32. The second kappa shape index (κ2) is 6.22. The first-order chi connectivity index (χ1) is 11.7. The summed E-state index contributed by atoms with van der Waals surface area (Å²) in [5.41, 5.74) is 1.61. The van der Waals surface area contributed by atoms with Gasteiger partial charge in [-0.25, -0.2) is 4.39 Å². The quantitative estimate of drug-likeness (QED) is 0.795. The van der Waals surface area contributed by atoms with Gasteiger partial charge in [0.2, 0.25) is 5.76 Å². The number of nitrogens with zero attached hydrogens (tertiary/aromatic N) is 2. The third-order valence-corrected chi connectivity index (χ3v) is 4.30. The fourth-order valence-corrected chi connectivity index (χ4v) is 3.24. The standard InChI is InChI=1S/C18H17FN2O3/c19-13-4-1-3-12(7-13)16-9-15(22)11-21(16)10-14-8-18(24-20-14)17-5-2-6-23-17/h1-8,15-16,22H,9-11H2/t15-,16-/m0/s1. The van der Waals surface area contributed by atoms with Crippen molar-refractivity contribution in [3.05, 3.63) is 65.8 Å². The second-order valence-electron chi connectivity index (χ2n) is 6.05. The van der Waals surface area contributed by atoms with Crippen molar-refractivity contribution in [2.45, 2.75) is 25.1 Å². The van der Waals surface area contributed by atoms with Crippen molar-refractivity contribution >= 4 is 0 Å². The van der Waals surface area contributed by atoms with Crippen LogP contribution in [0.5, 0.6) is 0 Å². The number of likely N-dealkylation sites (tertiary alicyclic amines) is 1. The Labute approximate surface area is 138 Å². The van der Waals surface area contributed by atoms with E-state index in [9.17, 15) is 9.50 Å². The Morgan fingerprint density at radius 1 is 1.21 bits per heavy atom. The van der Waals surface area contributed by atoms with Crippen LogP contribution in [0.2, 0.25) is 0 Å². The molecule has 0 saturated carbocycles. The molecule has 0 spiro atoms. The molecule has 0 amide bonds. The van der Waals surface area contributed by atoms with Crippen LogP contribution in [-0.4, -0.2) is 27.8 Å². The van der Waals surface area contributed by atoms with Crippen LogP contribution < -0.4 is 0 Å². The number of rotatable bonds is 4. The molecule has 3 heterocycles. The SMILES string of the molecule is O[C@H]1C[C@@H](c2cccc(F)c2)N(Cc2cc(-c3ccco3)on2)C1. The van der Waals surface area contributed by atoms with Crippen molar-refractivity contribution in [2.24, 2.45) is 0 Å². The summed E-state index contributed by atoms with van der Waals surface area (Å²) < 4.78 is 24.1. The van der Waals surface area contributed by atoms with Crippen molar-refractivity contribution in [1.29, 1.82) is 0 Å². The van der Waals surface area contributed by atoms with Crippen molar-refractivity contribution in [2.75, 3.05) is 6.54 Å². The van der Waals surface area contributed by atoms with Crippen LogP contribution in [0, 0.1) is 5.82 Å². The maximum atomic E-state index is 13.5. The number of halogens is 1. The van der Waals surface area contributed by atoms with Crippen LogP contribution in [0.15, 0.2) is 57.7 Å². The van der Waals surface area contributed by atoms with E-state index in [1.165, 1.54) is 12.1 Å². The first-order valence-corrected chi connectivity index (χ1v) is 7.86. The molecular formula is C18H17FN2O3. The minimum Gasteiger partial charge on any atom is -0.461 e. The highest BCUT2D eigenvalue weighted by Crippen LogP contribution is 2.34. The zero-order valence-electron chi connectivity index (χ0n) is 12.9. The van der Waals surface area contributed by atoms with Gasteiger partial charge in [0.1, 0.15) is 5.82 Å². The molecule has 24 heavy (non-hydrogen) atoms. The van der Waals surface area contributed by atoms with Crippen LogP contribution >= 0.6 is 0 Å². The minimum atomic E-state index is -0.435. The van der Waals surface area contributed by atoms with Gasteiger partial charge in [0, 0.05) is 25.2 Å². The number of furan rings is 1. The second-order valence-corrected chi connectivity index (χ2v) is 6.05. The Morgan fingerprint density at radius 2 is 2.12 bits per heavy atom. The van der Waals surface area contributed by atoms with Crippen LogP contribution in [0.4, 0.5) is 4.39 Å². The Balaban J connectivity index is 1.54. The van der Waals surface area contributed by atoms with E-state index >= 15 is 0 Å². The summed E-state index contributed by atoms with van der Waals surface area (Å²) in [5, 5.41) is 14.1. The summed E-state index contributed by atoms with van der Waals surface area (Å²) in [4.78, 5) is 2.09. The first kappa shape index (κ1) is 15.1. The minimum absolute atomic E-state index is 0.0422. The summed E-state index contributed by atoms with van der Waals surface area (Å²) in [6.45, 7) is 1.03. The average Bonchev–Trinajstić information content (AvgIpc) is 3.28. The van der Waals surface area contributed by atoms with Crippen LogP contribution in [-0.2, 0) is 6.54 Å². The van der Waals surface area contributed by atoms with E-state index in [2.05, 4.69) is 10.1 Å². The largest absolute Gasteiger partial charge is 0.461 e. The normalized spacial score (nSPS) is 21.4. The van der Waals surface area contributed by atoms with Gasteiger partial charge in [-0.15, -0.1) is 0 Å². The monoisotopic (exact) mass is 328 g/mol. The molecule has 3 aromatic rings. The number of benzene rings is 1. The van der Waals surface area contributed by atoms with E-state index in [0.717, 1.165) is 11.3 Å². The number of aliphatic hydroxyl groups excluding tert-OH is 1. The van der Waals surface area contributed by atoms with E-state index < -0.39 is 6.10 Å². The predicted molar refractivity (Wildman–Crippen MR) is 84.4 cm³/mol. The van der Waals surface area contributed by atoms with Gasteiger partial charge in [-0.2, -0.15) is 0 Å². The summed E-state index contributed by atoms with van der Waals surface area (Å²) in [7, 11) is 0. The molecular weight excluding hydrogens is 311 g/mol. The first-order valence-electron chi connectivity index (χ1n) is 7.86. The van der Waals surface area contributed by atoms with Gasteiger partial charge in [-0.1, -0.05) is 17.3 Å². The molecule has 1 aromatic carbocycles. The van der Waals surface area contributed by atoms with E-state index in [1.54, 1.807) is 24.5 Å². The fourth-order valence-electron chi connectivity index (χ4n) is 3.24. The van der Waals surface area contributed by atoms with E-state index in [0.29, 0.717) is 31.0 Å². The molecule has 0 radical (unpaired) electrons. The van der Waals surface area contributed by atoms with Crippen molar-refractivity contribution in [3.63, 3.8) is 0 Å². The topological polar surface area (TPSA) is 62.6 Å². The summed E-state index contributed by atoms with van der Waals surface area (Å²) in [6.07, 6.45) is 1.72. The fraction of sp³-hybridized carbons (Fsp3) is 0.278. The average molecular weight is 328 g/mol. The van der Waals surface area contributed by atoms with Crippen LogP contribution in [0.1, 0.15) is 23.7 Å². The molecule has 0 bridgehead atoms. The van der Waals surface area contributed by atoms with Gasteiger partial charge in [-0.3, -0.25) is 4.90 Å². The Kier molecular flexibility index (Phi) is 3.92. The molecule has 2 aromatic heterocycles. The molecule has 1 aliphatic heterocycles. The van der Waals surface area contributed by atoms with Gasteiger partial charge >= 0.3 is 0 Å². The number of aliphatic hydroxyl groups is 1. The van der Waals surface area contributed by atoms with Gasteiger partial charge in [0.15, 0.2) is 5.76 Å². The lowest BCUT2D eigenvalue weighted by Crippen LogP contribution is -2.24. The smallest absolute Gasteiger partial charge is 0.202 e. The molecule has 1 fully saturated rings. The molecule has 0 aliphatic carbocycles. The number of hydrogen-bond acceptors (Lipinski definition) is 5. The molecule has 0 unspecified atom stereocenters. The Bertz CT molecular complexity index is 815. The summed E-state index contributed by atoms with van der Waals surface area (Å²) in [6, 6.07) is 11.9. The molecule has 124 valence electrons. The molecule has 1 saturated heterocycles. The van der Waals surface area contributed by atoms with E-state index in [4.69, 9.17) is 8.94 Å². The van der Waals surface area contributed by atoms with Crippen molar-refractivity contribution in [3.8, 4) is 11.5 Å². The van der Waals surface area contributed by atoms with Gasteiger partial charge in [0.05, 0.1) is 18.1 Å². The highest BCUT2D eigenvalue weighted by atomic mass is 19.1. The van der Waals surface area contributed by atoms with Crippen LogP contribution in [0.25, 0.3) is 11.5 Å². The molecule has 6 heteroatoms. The summed E-state index contributed by atoms with van der Waals surface area (Å²) >= 11 is 0.